The molecule has 1 aromatic carbocycles. The maximum atomic E-state index is 12.4. The molecule has 2 aliphatic rings. The summed E-state index contributed by atoms with van der Waals surface area (Å²) in [6, 6.07) is 7.15. The van der Waals surface area contributed by atoms with Crippen LogP contribution in [0.1, 0.15) is 12.0 Å². The second-order valence-corrected chi connectivity index (χ2v) is 6.73. The molecule has 1 saturated heterocycles. The second-order valence-electron chi connectivity index (χ2n) is 4.84. The van der Waals surface area contributed by atoms with Crippen LogP contribution in [-0.4, -0.2) is 25.3 Å². The molecular formula is C13H15NO2S. The Balaban J connectivity index is 1.96. The third kappa shape index (κ3) is 1.72. The van der Waals surface area contributed by atoms with Crippen molar-refractivity contribution in [2.24, 2.45) is 5.92 Å². The van der Waals surface area contributed by atoms with Crippen LogP contribution < -0.4 is 0 Å². The predicted octanol–water partition coefficient (Wildman–Crippen LogP) is 1.94. The average molecular weight is 249 g/mol. The van der Waals surface area contributed by atoms with E-state index in [1.165, 1.54) is 0 Å². The molecule has 0 amide bonds. The summed E-state index contributed by atoms with van der Waals surface area (Å²) in [6.45, 7) is 2.59. The smallest absolute Gasteiger partial charge is 0.207 e. The van der Waals surface area contributed by atoms with E-state index in [1.54, 1.807) is 16.4 Å². The van der Waals surface area contributed by atoms with E-state index in [-0.39, 0.29) is 6.04 Å². The highest BCUT2D eigenvalue weighted by Crippen LogP contribution is 2.35. The van der Waals surface area contributed by atoms with Crippen LogP contribution in [0.2, 0.25) is 0 Å². The Kier molecular flexibility index (Phi) is 2.38. The monoisotopic (exact) mass is 249 g/mol. The first-order valence-electron chi connectivity index (χ1n) is 5.84. The molecule has 4 heteroatoms. The summed E-state index contributed by atoms with van der Waals surface area (Å²) in [6.07, 6.45) is 5.09. The summed E-state index contributed by atoms with van der Waals surface area (Å²) in [7, 11) is -3.30. The van der Waals surface area contributed by atoms with Crippen molar-refractivity contribution in [2.45, 2.75) is 24.3 Å². The summed E-state index contributed by atoms with van der Waals surface area (Å²) in [5, 5.41) is 0. The van der Waals surface area contributed by atoms with E-state index < -0.39 is 10.0 Å². The third-order valence-corrected chi connectivity index (χ3v) is 5.47. The maximum absolute atomic E-state index is 12.4. The number of benzene rings is 1. The SMILES string of the molecule is Cc1ccc(S(=O)(=O)N2C[C@H]3C=C[C@H]2C3)cc1. The van der Waals surface area contributed by atoms with Gasteiger partial charge in [0.2, 0.25) is 10.0 Å². The Bertz CT molecular complexity index is 560. The van der Waals surface area contributed by atoms with Crippen molar-refractivity contribution in [1.82, 2.24) is 4.31 Å². The molecule has 0 aromatic heterocycles. The molecule has 3 nitrogen and oxygen atoms in total. The second kappa shape index (κ2) is 3.68. The molecule has 0 unspecified atom stereocenters. The van der Waals surface area contributed by atoms with Crippen molar-refractivity contribution in [1.29, 1.82) is 0 Å². The fraction of sp³-hybridized carbons (Fsp3) is 0.385. The highest BCUT2D eigenvalue weighted by atomic mass is 32.2. The Morgan fingerprint density at radius 2 is 1.88 bits per heavy atom. The summed E-state index contributed by atoms with van der Waals surface area (Å²) >= 11 is 0. The molecule has 0 radical (unpaired) electrons. The molecule has 0 saturated carbocycles. The zero-order valence-electron chi connectivity index (χ0n) is 9.70. The van der Waals surface area contributed by atoms with Crippen LogP contribution in [0, 0.1) is 12.8 Å². The number of nitrogens with zero attached hydrogens (tertiary/aromatic N) is 1. The summed E-state index contributed by atoms with van der Waals surface area (Å²) in [5.74, 6) is 0.417. The van der Waals surface area contributed by atoms with Gasteiger partial charge in [-0.25, -0.2) is 8.42 Å². The molecule has 1 aliphatic heterocycles. The van der Waals surface area contributed by atoms with Gasteiger partial charge >= 0.3 is 0 Å². The van der Waals surface area contributed by atoms with Gasteiger partial charge in [-0.05, 0) is 31.4 Å². The first-order chi connectivity index (χ1) is 8.07. The van der Waals surface area contributed by atoms with E-state index in [2.05, 4.69) is 6.08 Å². The minimum atomic E-state index is -3.30. The molecule has 1 fully saturated rings. The fourth-order valence-corrected chi connectivity index (χ4v) is 4.24. The lowest BCUT2D eigenvalue weighted by molar-refractivity contribution is 0.422. The van der Waals surface area contributed by atoms with Gasteiger partial charge in [-0.1, -0.05) is 29.8 Å². The lowest BCUT2D eigenvalue weighted by Gasteiger charge is -2.23. The Labute approximate surface area is 102 Å². The van der Waals surface area contributed by atoms with Crippen LogP contribution in [0.3, 0.4) is 0 Å². The molecule has 0 spiro atoms. The van der Waals surface area contributed by atoms with Crippen molar-refractivity contribution in [3.8, 4) is 0 Å². The van der Waals surface area contributed by atoms with Crippen LogP contribution in [0.4, 0.5) is 0 Å². The Morgan fingerprint density at radius 1 is 1.18 bits per heavy atom. The van der Waals surface area contributed by atoms with E-state index in [9.17, 15) is 8.42 Å². The van der Waals surface area contributed by atoms with Gasteiger partial charge in [0.05, 0.1) is 4.90 Å². The van der Waals surface area contributed by atoms with Crippen LogP contribution >= 0.6 is 0 Å². The van der Waals surface area contributed by atoms with Gasteiger partial charge in [-0.2, -0.15) is 4.31 Å². The predicted molar refractivity (Wildman–Crippen MR) is 66.1 cm³/mol. The van der Waals surface area contributed by atoms with E-state index in [0.717, 1.165) is 12.0 Å². The van der Waals surface area contributed by atoms with Crippen LogP contribution in [-0.2, 0) is 10.0 Å². The van der Waals surface area contributed by atoms with E-state index in [0.29, 0.717) is 17.4 Å². The number of aryl methyl sites for hydroxylation is 1. The number of sulfonamides is 1. The largest absolute Gasteiger partial charge is 0.243 e. The van der Waals surface area contributed by atoms with Gasteiger partial charge in [-0.15, -0.1) is 0 Å². The molecule has 0 N–H and O–H groups in total. The molecule has 1 aliphatic carbocycles. The average Bonchev–Trinajstić information content (AvgIpc) is 2.91. The number of hydrogen-bond acceptors (Lipinski definition) is 2. The normalized spacial score (nSPS) is 27.8. The lowest BCUT2D eigenvalue weighted by atomic mass is 10.2. The van der Waals surface area contributed by atoms with E-state index in [4.69, 9.17) is 0 Å². The zero-order chi connectivity index (χ0) is 12.0. The van der Waals surface area contributed by atoms with Gasteiger partial charge in [0.1, 0.15) is 0 Å². The van der Waals surface area contributed by atoms with Crippen molar-refractivity contribution >= 4 is 10.0 Å². The molecule has 2 atom stereocenters. The Morgan fingerprint density at radius 3 is 2.41 bits per heavy atom. The van der Waals surface area contributed by atoms with Crippen molar-refractivity contribution < 1.29 is 8.42 Å². The van der Waals surface area contributed by atoms with Gasteiger partial charge in [-0.3, -0.25) is 0 Å². The first kappa shape index (κ1) is 11.0. The molecule has 1 heterocycles. The highest BCUT2D eigenvalue weighted by molar-refractivity contribution is 7.89. The van der Waals surface area contributed by atoms with Gasteiger partial charge < -0.3 is 0 Å². The number of rotatable bonds is 2. The number of fused-ring (bicyclic) bond motifs is 2. The van der Waals surface area contributed by atoms with E-state index >= 15 is 0 Å². The van der Waals surface area contributed by atoms with Gasteiger partial charge in [0.25, 0.3) is 0 Å². The molecule has 3 rings (SSSR count). The zero-order valence-corrected chi connectivity index (χ0v) is 10.5. The van der Waals surface area contributed by atoms with Gasteiger partial charge in [0.15, 0.2) is 0 Å². The quantitative estimate of drug-likeness (QED) is 0.751. The fourth-order valence-electron chi connectivity index (χ4n) is 2.59. The summed E-state index contributed by atoms with van der Waals surface area (Å²) < 4.78 is 26.5. The van der Waals surface area contributed by atoms with Crippen molar-refractivity contribution in [3.05, 3.63) is 42.0 Å². The standard InChI is InChI=1S/C13H15NO2S/c1-10-2-6-13(7-3-10)17(15,16)14-9-11-4-5-12(14)8-11/h2-7,11-12H,8-9H2,1H3/t11-,12-/m0/s1. The summed E-state index contributed by atoms with van der Waals surface area (Å²) in [4.78, 5) is 0.407. The minimum Gasteiger partial charge on any atom is -0.207 e. The first-order valence-corrected chi connectivity index (χ1v) is 7.28. The maximum Gasteiger partial charge on any atom is 0.243 e. The lowest BCUT2D eigenvalue weighted by Crippen LogP contribution is -2.35. The van der Waals surface area contributed by atoms with Crippen LogP contribution in [0.15, 0.2) is 41.3 Å². The molecule has 17 heavy (non-hydrogen) atoms. The van der Waals surface area contributed by atoms with Crippen molar-refractivity contribution in [2.75, 3.05) is 6.54 Å². The minimum absolute atomic E-state index is 0.0753. The topological polar surface area (TPSA) is 37.4 Å². The summed E-state index contributed by atoms with van der Waals surface area (Å²) in [5.41, 5.74) is 1.08. The number of hydrogen-bond donors (Lipinski definition) is 0. The van der Waals surface area contributed by atoms with E-state index in [1.807, 2.05) is 25.1 Å². The van der Waals surface area contributed by atoms with Crippen LogP contribution in [0.25, 0.3) is 0 Å². The molecule has 1 aromatic rings. The third-order valence-electron chi connectivity index (χ3n) is 3.56. The molecule has 2 bridgehead atoms. The highest BCUT2D eigenvalue weighted by Gasteiger charge is 2.41. The molecular weight excluding hydrogens is 234 g/mol. The van der Waals surface area contributed by atoms with Crippen molar-refractivity contribution in [3.63, 3.8) is 0 Å². The van der Waals surface area contributed by atoms with Gasteiger partial charge in [0, 0.05) is 12.6 Å². The Hall–Kier alpha value is -1.13. The van der Waals surface area contributed by atoms with Crippen LogP contribution in [0.5, 0.6) is 0 Å². The molecule has 90 valence electrons.